The zero-order valence-electron chi connectivity index (χ0n) is 19.9. The molecule has 13 nitrogen and oxygen atoms in total. The molecule has 0 fully saturated rings. The van der Waals surface area contributed by atoms with Crippen LogP contribution in [0.15, 0.2) is 42.9 Å². The number of rotatable bonds is 15. The molecule has 2 aromatic rings. The third kappa shape index (κ3) is 9.93. The lowest BCUT2D eigenvalue weighted by Gasteiger charge is -2.24. The van der Waals surface area contributed by atoms with Crippen LogP contribution in [0.2, 0.25) is 0 Å². The number of nitrogens with zero attached hydrogens (tertiary/aromatic N) is 1. The topological polar surface area (TPSA) is 222 Å². The number of primary amides is 1. The quantitative estimate of drug-likeness (QED) is 0.122. The Labute approximate surface area is 218 Å². The third-order valence-electron chi connectivity index (χ3n) is 5.36. The Bertz CT molecular complexity index is 1070. The van der Waals surface area contributed by atoms with Crippen LogP contribution in [-0.2, 0) is 36.8 Å². The van der Waals surface area contributed by atoms with Gasteiger partial charge in [0.1, 0.15) is 18.1 Å². The lowest BCUT2D eigenvalue weighted by Crippen LogP contribution is -2.58. The second-order valence-electron chi connectivity index (χ2n) is 8.29. The van der Waals surface area contributed by atoms with Crippen molar-refractivity contribution >= 4 is 42.2 Å². The predicted octanol–water partition coefficient (Wildman–Crippen LogP) is -1.74. The first-order valence-electron chi connectivity index (χ1n) is 11.4. The number of H-pyrrole nitrogens is 1. The molecule has 2 rings (SSSR count). The SMILES string of the molecule is NC(=O)CCC(NC(=O)C(Cc1ccccc1)NC(=O)C(CS)NC(=O)C(N)Cc1cnc[nH]1)C(=O)O. The largest absolute Gasteiger partial charge is 0.480 e. The second kappa shape index (κ2) is 14.6. The van der Waals surface area contributed by atoms with E-state index in [1.807, 2.05) is 0 Å². The molecule has 1 aromatic carbocycles. The number of thiol groups is 1. The maximum Gasteiger partial charge on any atom is 0.326 e. The number of carboxylic acid groups (broad SMARTS) is 1. The van der Waals surface area contributed by atoms with Gasteiger partial charge in [0.05, 0.1) is 12.4 Å². The number of nitrogens with two attached hydrogens (primary N) is 2. The van der Waals surface area contributed by atoms with Gasteiger partial charge in [-0.25, -0.2) is 9.78 Å². The summed E-state index contributed by atoms with van der Waals surface area (Å²) in [6, 6.07) is 4.06. The Kier molecular flexibility index (Phi) is 11.6. The van der Waals surface area contributed by atoms with Gasteiger partial charge in [0.25, 0.3) is 0 Å². The fraction of sp³-hybridized carbons (Fsp3) is 0.391. The maximum atomic E-state index is 13.0. The lowest BCUT2D eigenvalue weighted by atomic mass is 10.0. The van der Waals surface area contributed by atoms with Crippen molar-refractivity contribution in [2.75, 3.05) is 5.75 Å². The first-order chi connectivity index (χ1) is 17.6. The molecule has 0 saturated carbocycles. The lowest BCUT2D eigenvalue weighted by molar-refractivity contribution is -0.142. The summed E-state index contributed by atoms with van der Waals surface area (Å²) in [7, 11) is 0. The Hall–Kier alpha value is -3.91. The molecule has 0 aliphatic carbocycles. The molecule has 0 aliphatic rings. The van der Waals surface area contributed by atoms with E-state index >= 15 is 0 Å². The summed E-state index contributed by atoms with van der Waals surface area (Å²) >= 11 is 4.14. The number of benzene rings is 1. The van der Waals surface area contributed by atoms with Crippen molar-refractivity contribution < 1.29 is 29.1 Å². The molecule has 0 spiro atoms. The van der Waals surface area contributed by atoms with Crippen LogP contribution < -0.4 is 27.4 Å². The van der Waals surface area contributed by atoms with Gasteiger partial charge < -0.3 is 37.5 Å². The van der Waals surface area contributed by atoms with Crippen molar-refractivity contribution in [3.63, 3.8) is 0 Å². The smallest absolute Gasteiger partial charge is 0.326 e. The van der Waals surface area contributed by atoms with Gasteiger partial charge in [0.2, 0.25) is 23.6 Å². The monoisotopic (exact) mass is 533 g/mol. The van der Waals surface area contributed by atoms with E-state index in [0.717, 1.165) is 0 Å². The molecule has 4 amide bonds. The molecular weight excluding hydrogens is 502 g/mol. The minimum absolute atomic E-state index is 0.0349. The molecule has 1 heterocycles. The van der Waals surface area contributed by atoms with Crippen molar-refractivity contribution in [2.45, 2.75) is 49.9 Å². The van der Waals surface area contributed by atoms with Gasteiger partial charge in [-0.15, -0.1) is 0 Å². The Morgan fingerprint density at radius 1 is 0.946 bits per heavy atom. The number of imidazole rings is 1. The number of carboxylic acids is 1. The number of amides is 4. The van der Waals surface area contributed by atoms with Crippen molar-refractivity contribution in [1.82, 2.24) is 25.9 Å². The van der Waals surface area contributed by atoms with E-state index in [2.05, 4.69) is 38.5 Å². The van der Waals surface area contributed by atoms with E-state index in [9.17, 15) is 29.1 Å². The summed E-state index contributed by atoms with van der Waals surface area (Å²) in [5.41, 5.74) is 12.3. The van der Waals surface area contributed by atoms with Crippen molar-refractivity contribution in [2.24, 2.45) is 11.5 Å². The van der Waals surface area contributed by atoms with Gasteiger partial charge in [-0.1, -0.05) is 30.3 Å². The van der Waals surface area contributed by atoms with Gasteiger partial charge >= 0.3 is 5.97 Å². The van der Waals surface area contributed by atoms with E-state index in [1.165, 1.54) is 12.5 Å². The molecule has 0 bridgehead atoms. The zero-order chi connectivity index (χ0) is 27.4. The van der Waals surface area contributed by atoms with Crippen LogP contribution in [0.25, 0.3) is 0 Å². The molecule has 4 unspecified atom stereocenters. The highest BCUT2D eigenvalue weighted by Crippen LogP contribution is 2.07. The normalized spacial score (nSPS) is 14.0. The average Bonchev–Trinajstić information content (AvgIpc) is 3.37. The van der Waals surface area contributed by atoms with E-state index in [4.69, 9.17) is 11.5 Å². The molecular formula is C23H31N7O6S. The maximum absolute atomic E-state index is 13.0. The van der Waals surface area contributed by atoms with Gasteiger partial charge in [0, 0.05) is 36.9 Å². The number of hydrogen-bond donors (Lipinski definition) is 8. The summed E-state index contributed by atoms with van der Waals surface area (Å²) in [5, 5.41) is 16.8. The summed E-state index contributed by atoms with van der Waals surface area (Å²) in [4.78, 5) is 67.9. The van der Waals surface area contributed by atoms with Crippen LogP contribution in [-0.4, -0.2) is 74.6 Å². The number of hydrogen-bond acceptors (Lipinski definition) is 8. The standard InChI is InChI=1S/C23H31N7O6S/c24-15(9-14-10-26-12-27-14)20(32)30-18(11-37)22(34)29-17(8-13-4-2-1-3-5-13)21(33)28-16(23(35)36)6-7-19(25)31/h1-5,10,12,15-18,37H,6-9,11,24H2,(H2,25,31)(H,26,27)(H,28,33)(H,29,34)(H,30,32)(H,35,36). The van der Waals surface area contributed by atoms with Crippen molar-refractivity contribution in [3.05, 3.63) is 54.1 Å². The van der Waals surface area contributed by atoms with E-state index < -0.39 is 53.8 Å². The zero-order valence-corrected chi connectivity index (χ0v) is 20.8. The van der Waals surface area contributed by atoms with E-state index in [0.29, 0.717) is 11.3 Å². The fourth-order valence-corrected chi connectivity index (χ4v) is 3.60. The Morgan fingerprint density at radius 2 is 1.57 bits per heavy atom. The first kappa shape index (κ1) is 29.3. The van der Waals surface area contributed by atoms with Crippen molar-refractivity contribution in [1.29, 1.82) is 0 Å². The van der Waals surface area contributed by atoms with Crippen LogP contribution in [0.1, 0.15) is 24.1 Å². The van der Waals surface area contributed by atoms with Crippen LogP contribution in [0.5, 0.6) is 0 Å². The number of aliphatic carboxylic acids is 1. The van der Waals surface area contributed by atoms with Gasteiger partial charge in [-0.2, -0.15) is 12.6 Å². The van der Waals surface area contributed by atoms with Crippen molar-refractivity contribution in [3.8, 4) is 0 Å². The molecule has 0 radical (unpaired) electrons. The summed E-state index contributed by atoms with van der Waals surface area (Å²) in [6.07, 6.45) is 2.70. The fourth-order valence-electron chi connectivity index (χ4n) is 3.35. The van der Waals surface area contributed by atoms with Gasteiger partial charge in [-0.05, 0) is 12.0 Å². The molecule has 37 heavy (non-hydrogen) atoms. The number of carbonyl (C=O) groups is 5. The van der Waals surface area contributed by atoms with Gasteiger partial charge in [0.15, 0.2) is 0 Å². The molecule has 14 heteroatoms. The molecule has 0 saturated heterocycles. The van der Waals surface area contributed by atoms with Crippen LogP contribution in [0, 0.1) is 0 Å². The molecule has 0 aliphatic heterocycles. The molecule has 1 aromatic heterocycles. The van der Waals surface area contributed by atoms with Crippen LogP contribution >= 0.6 is 12.6 Å². The highest BCUT2D eigenvalue weighted by Gasteiger charge is 2.30. The number of nitrogens with one attached hydrogen (secondary N) is 4. The number of aromatic amines is 1. The molecule has 4 atom stereocenters. The Balaban J connectivity index is 2.11. The van der Waals surface area contributed by atoms with E-state index in [1.54, 1.807) is 30.3 Å². The summed E-state index contributed by atoms with van der Waals surface area (Å²) < 4.78 is 0. The molecule has 9 N–H and O–H groups in total. The first-order valence-corrected chi connectivity index (χ1v) is 12.0. The van der Waals surface area contributed by atoms with E-state index in [-0.39, 0.29) is 31.4 Å². The number of carbonyl (C=O) groups excluding carboxylic acids is 4. The van der Waals surface area contributed by atoms with Crippen LogP contribution in [0.4, 0.5) is 0 Å². The predicted molar refractivity (Wildman–Crippen MR) is 136 cm³/mol. The average molecular weight is 534 g/mol. The highest BCUT2D eigenvalue weighted by molar-refractivity contribution is 7.80. The van der Waals surface area contributed by atoms with Gasteiger partial charge in [-0.3, -0.25) is 19.2 Å². The minimum atomic E-state index is -1.39. The summed E-state index contributed by atoms with van der Waals surface area (Å²) in [6.45, 7) is 0. The highest BCUT2D eigenvalue weighted by atomic mass is 32.1. The number of aromatic nitrogens is 2. The van der Waals surface area contributed by atoms with Crippen LogP contribution in [0.3, 0.4) is 0 Å². The minimum Gasteiger partial charge on any atom is -0.480 e. The summed E-state index contributed by atoms with van der Waals surface area (Å²) in [5.74, 6) is -4.26. The molecule has 200 valence electrons. The second-order valence-corrected chi connectivity index (χ2v) is 8.65. The Morgan fingerprint density at radius 3 is 2.14 bits per heavy atom. The third-order valence-corrected chi connectivity index (χ3v) is 5.72.